The number of carbonyl (C=O) groups excluding carboxylic acids is 1. The van der Waals surface area contributed by atoms with Crippen LogP contribution in [0.2, 0.25) is 0 Å². The van der Waals surface area contributed by atoms with E-state index in [0.717, 1.165) is 43.4 Å². The first-order valence-electron chi connectivity index (χ1n) is 7.20. The fraction of sp³-hybridized carbons (Fsp3) is 0.467. The van der Waals surface area contributed by atoms with Crippen LogP contribution >= 0.6 is 0 Å². The van der Waals surface area contributed by atoms with Gasteiger partial charge in [0, 0.05) is 6.54 Å². The number of rotatable bonds is 3. The van der Waals surface area contributed by atoms with Crippen LogP contribution in [0.1, 0.15) is 26.2 Å². The van der Waals surface area contributed by atoms with Crippen LogP contribution in [0.15, 0.2) is 24.3 Å². The Hall–Kier alpha value is -1.88. The zero-order valence-corrected chi connectivity index (χ0v) is 11.7. The minimum atomic E-state index is -0.308. The molecule has 0 spiro atoms. The lowest BCUT2D eigenvalue weighted by atomic mass is 9.77. The van der Waals surface area contributed by atoms with Crippen molar-refractivity contribution in [2.45, 2.75) is 26.2 Å². The van der Waals surface area contributed by atoms with Crippen molar-refractivity contribution in [2.75, 3.05) is 18.4 Å². The first-order valence-corrected chi connectivity index (χ1v) is 7.20. The first-order chi connectivity index (χ1) is 9.73. The number of para-hydroxylation sites is 2. The second-order valence-corrected chi connectivity index (χ2v) is 5.47. The predicted molar refractivity (Wildman–Crippen MR) is 79.6 cm³/mol. The van der Waals surface area contributed by atoms with Crippen LogP contribution in [-0.4, -0.2) is 29.0 Å². The zero-order valence-electron chi connectivity index (χ0n) is 11.7. The van der Waals surface area contributed by atoms with Crippen LogP contribution in [0.25, 0.3) is 11.0 Å². The number of nitrogens with one attached hydrogen (secondary N) is 3. The van der Waals surface area contributed by atoms with Crippen LogP contribution in [0.3, 0.4) is 0 Å². The highest BCUT2D eigenvalue weighted by molar-refractivity contribution is 5.95. The van der Waals surface area contributed by atoms with E-state index in [4.69, 9.17) is 0 Å². The topological polar surface area (TPSA) is 69.8 Å². The average molecular weight is 272 g/mol. The Kier molecular flexibility index (Phi) is 3.44. The predicted octanol–water partition coefficient (Wildman–Crippen LogP) is 2.28. The van der Waals surface area contributed by atoms with Crippen molar-refractivity contribution in [1.82, 2.24) is 15.3 Å². The van der Waals surface area contributed by atoms with Crippen molar-refractivity contribution in [1.29, 1.82) is 0 Å². The van der Waals surface area contributed by atoms with Gasteiger partial charge in [0.15, 0.2) is 0 Å². The number of hydrogen-bond donors (Lipinski definition) is 3. The van der Waals surface area contributed by atoms with Crippen LogP contribution in [0, 0.1) is 5.41 Å². The quantitative estimate of drug-likeness (QED) is 0.803. The molecule has 2 aromatic rings. The molecule has 20 heavy (non-hydrogen) atoms. The summed E-state index contributed by atoms with van der Waals surface area (Å²) in [6.07, 6.45) is 2.82. The molecule has 3 N–H and O–H groups in total. The standard InChI is InChI=1S/C15H20N4O/c1-2-15(8-5-9-16-10-15)13(20)19-14-17-11-6-3-4-7-12(11)18-14/h3-4,6-7,16H,2,5,8-10H2,1H3,(H2,17,18,19,20). The summed E-state index contributed by atoms with van der Waals surface area (Å²) in [5, 5.41) is 6.28. The summed E-state index contributed by atoms with van der Waals surface area (Å²) in [7, 11) is 0. The smallest absolute Gasteiger partial charge is 0.234 e. The third kappa shape index (κ3) is 2.29. The lowest BCUT2D eigenvalue weighted by Gasteiger charge is -2.35. The van der Waals surface area contributed by atoms with E-state index in [9.17, 15) is 4.79 Å². The molecule has 106 valence electrons. The van der Waals surface area contributed by atoms with E-state index in [-0.39, 0.29) is 11.3 Å². The maximum Gasteiger partial charge on any atom is 0.234 e. The summed E-state index contributed by atoms with van der Waals surface area (Å²) < 4.78 is 0. The van der Waals surface area contributed by atoms with E-state index in [0.29, 0.717) is 5.95 Å². The maximum absolute atomic E-state index is 12.6. The molecule has 1 atom stereocenters. The zero-order chi connectivity index (χ0) is 14.0. The maximum atomic E-state index is 12.6. The number of nitrogens with zero attached hydrogens (tertiary/aromatic N) is 1. The van der Waals surface area contributed by atoms with Gasteiger partial charge in [-0.25, -0.2) is 4.98 Å². The van der Waals surface area contributed by atoms with E-state index in [1.54, 1.807) is 0 Å². The number of hydrogen-bond acceptors (Lipinski definition) is 3. The molecule has 1 saturated heterocycles. The molecule has 1 aliphatic heterocycles. The van der Waals surface area contributed by atoms with Crippen molar-refractivity contribution in [2.24, 2.45) is 5.41 Å². The number of benzene rings is 1. The number of H-pyrrole nitrogens is 1. The van der Waals surface area contributed by atoms with Crippen molar-refractivity contribution >= 4 is 22.9 Å². The van der Waals surface area contributed by atoms with E-state index in [1.165, 1.54) is 0 Å². The molecule has 1 unspecified atom stereocenters. The highest BCUT2D eigenvalue weighted by Crippen LogP contribution is 2.31. The fourth-order valence-corrected chi connectivity index (χ4v) is 2.88. The lowest BCUT2D eigenvalue weighted by molar-refractivity contribution is -0.126. The highest BCUT2D eigenvalue weighted by Gasteiger charge is 2.38. The van der Waals surface area contributed by atoms with Gasteiger partial charge in [-0.15, -0.1) is 0 Å². The van der Waals surface area contributed by atoms with Crippen LogP contribution in [-0.2, 0) is 4.79 Å². The van der Waals surface area contributed by atoms with Gasteiger partial charge in [-0.3, -0.25) is 10.1 Å². The molecule has 0 bridgehead atoms. The Morgan fingerprint density at radius 3 is 3.00 bits per heavy atom. The number of piperidine rings is 1. The SMILES string of the molecule is CCC1(C(=O)Nc2nc3ccccc3[nH]2)CCCNC1. The Morgan fingerprint density at radius 2 is 2.30 bits per heavy atom. The summed E-state index contributed by atoms with van der Waals surface area (Å²) in [6, 6.07) is 7.77. The number of aromatic amines is 1. The molecular formula is C15H20N4O. The largest absolute Gasteiger partial charge is 0.324 e. The van der Waals surface area contributed by atoms with E-state index < -0.39 is 0 Å². The second kappa shape index (κ2) is 5.25. The summed E-state index contributed by atoms with van der Waals surface area (Å²) in [5.41, 5.74) is 1.50. The average Bonchev–Trinajstić information content (AvgIpc) is 2.90. The third-order valence-corrected chi connectivity index (χ3v) is 4.25. The number of fused-ring (bicyclic) bond motifs is 1. The lowest BCUT2D eigenvalue weighted by Crippen LogP contribution is -2.47. The molecule has 1 aromatic carbocycles. The van der Waals surface area contributed by atoms with Gasteiger partial charge in [0.2, 0.25) is 11.9 Å². The molecule has 1 aliphatic rings. The first kappa shape index (κ1) is 13.1. The van der Waals surface area contributed by atoms with Crippen molar-refractivity contribution < 1.29 is 4.79 Å². The molecule has 1 fully saturated rings. The Labute approximate surface area is 118 Å². The van der Waals surface area contributed by atoms with Gasteiger partial charge in [0.25, 0.3) is 0 Å². The Bertz CT molecular complexity index is 580. The van der Waals surface area contributed by atoms with Crippen LogP contribution in [0.4, 0.5) is 5.95 Å². The van der Waals surface area contributed by atoms with Crippen molar-refractivity contribution in [3.63, 3.8) is 0 Å². The minimum absolute atomic E-state index is 0.0613. The molecular weight excluding hydrogens is 252 g/mol. The number of amides is 1. The molecule has 1 amide bonds. The summed E-state index contributed by atoms with van der Waals surface area (Å²) in [6.45, 7) is 3.82. The molecule has 0 aliphatic carbocycles. The van der Waals surface area contributed by atoms with Crippen molar-refractivity contribution in [3.05, 3.63) is 24.3 Å². The molecule has 3 rings (SSSR count). The third-order valence-electron chi connectivity index (χ3n) is 4.25. The van der Waals surface area contributed by atoms with Gasteiger partial charge in [0.05, 0.1) is 16.4 Å². The monoisotopic (exact) mass is 272 g/mol. The molecule has 1 aromatic heterocycles. The molecule has 5 nitrogen and oxygen atoms in total. The molecule has 0 radical (unpaired) electrons. The van der Waals surface area contributed by atoms with Crippen LogP contribution < -0.4 is 10.6 Å². The highest BCUT2D eigenvalue weighted by atomic mass is 16.2. The van der Waals surface area contributed by atoms with Crippen molar-refractivity contribution in [3.8, 4) is 0 Å². The minimum Gasteiger partial charge on any atom is -0.324 e. The van der Waals surface area contributed by atoms with Gasteiger partial charge in [-0.1, -0.05) is 19.1 Å². The van der Waals surface area contributed by atoms with Gasteiger partial charge >= 0.3 is 0 Å². The normalized spacial score (nSPS) is 22.9. The Morgan fingerprint density at radius 1 is 1.45 bits per heavy atom. The van der Waals surface area contributed by atoms with Gasteiger partial charge in [0.1, 0.15) is 0 Å². The van der Waals surface area contributed by atoms with E-state index in [2.05, 4.69) is 27.5 Å². The number of carbonyl (C=O) groups is 1. The van der Waals surface area contributed by atoms with Crippen LogP contribution in [0.5, 0.6) is 0 Å². The fourth-order valence-electron chi connectivity index (χ4n) is 2.88. The number of imidazole rings is 1. The molecule has 2 heterocycles. The molecule has 0 saturated carbocycles. The number of anilines is 1. The Balaban J connectivity index is 1.80. The summed E-state index contributed by atoms with van der Waals surface area (Å²) >= 11 is 0. The molecule has 5 heteroatoms. The number of aromatic nitrogens is 2. The summed E-state index contributed by atoms with van der Waals surface area (Å²) in [4.78, 5) is 20.1. The van der Waals surface area contributed by atoms with Gasteiger partial charge < -0.3 is 10.3 Å². The second-order valence-electron chi connectivity index (χ2n) is 5.47. The summed E-state index contributed by atoms with van der Waals surface area (Å²) in [5.74, 6) is 0.598. The van der Waals surface area contributed by atoms with Gasteiger partial charge in [-0.05, 0) is 37.9 Å². The van der Waals surface area contributed by atoms with E-state index in [1.807, 2.05) is 24.3 Å². The van der Waals surface area contributed by atoms with E-state index >= 15 is 0 Å². The van der Waals surface area contributed by atoms with Gasteiger partial charge in [-0.2, -0.15) is 0 Å².